The second-order valence-corrected chi connectivity index (χ2v) is 4.03. The summed E-state index contributed by atoms with van der Waals surface area (Å²) >= 11 is 5.77. The lowest BCUT2D eigenvalue weighted by molar-refractivity contribution is 0.626. The normalized spacial score (nSPS) is 10.4. The summed E-state index contributed by atoms with van der Waals surface area (Å²) in [7, 11) is 0. The Bertz CT molecular complexity index is 480. The number of benzene rings is 2. The summed E-state index contributed by atoms with van der Waals surface area (Å²) in [6.45, 7) is 0. The SMILES string of the molecule is Fc1cccc(Cc2cccc(CCl)c2)c1. The van der Waals surface area contributed by atoms with E-state index in [-0.39, 0.29) is 5.82 Å². The molecule has 0 aromatic heterocycles. The van der Waals surface area contributed by atoms with Crippen LogP contribution in [-0.4, -0.2) is 0 Å². The minimum absolute atomic E-state index is 0.189. The highest BCUT2D eigenvalue weighted by Gasteiger charge is 1.99. The lowest BCUT2D eigenvalue weighted by Gasteiger charge is -2.03. The molecular weight excluding hydrogens is 223 g/mol. The van der Waals surface area contributed by atoms with Gasteiger partial charge in [0.2, 0.25) is 0 Å². The predicted octanol–water partition coefficient (Wildman–Crippen LogP) is 4.16. The van der Waals surface area contributed by atoms with Crippen LogP contribution in [0, 0.1) is 5.82 Å². The number of hydrogen-bond acceptors (Lipinski definition) is 0. The average Bonchev–Trinajstić information content (AvgIpc) is 2.29. The number of halogens is 2. The molecule has 2 aromatic carbocycles. The van der Waals surface area contributed by atoms with Gasteiger partial charge in [0.25, 0.3) is 0 Å². The fourth-order valence-corrected chi connectivity index (χ4v) is 1.87. The minimum atomic E-state index is -0.189. The van der Waals surface area contributed by atoms with E-state index in [1.165, 1.54) is 6.07 Å². The zero-order valence-corrected chi connectivity index (χ0v) is 9.54. The van der Waals surface area contributed by atoms with Gasteiger partial charge in [0.05, 0.1) is 0 Å². The minimum Gasteiger partial charge on any atom is -0.207 e. The van der Waals surface area contributed by atoms with Crippen LogP contribution in [-0.2, 0) is 12.3 Å². The number of hydrogen-bond donors (Lipinski definition) is 0. The fourth-order valence-electron chi connectivity index (χ4n) is 1.71. The van der Waals surface area contributed by atoms with Gasteiger partial charge in [0.1, 0.15) is 5.82 Å². The van der Waals surface area contributed by atoms with E-state index in [2.05, 4.69) is 6.07 Å². The van der Waals surface area contributed by atoms with E-state index in [1.54, 1.807) is 12.1 Å². The highest BCUT2D eigenvalue weighted by Crippen LogP contribution is 2.13. The molecule has 0 fully saturated rings. The Morgan fingerprint density at radius 2 is 1.50 bits per heavy atom. The van der Waals surface area contributed by atoms with E-state index in [9.17, 15) is 4.39 Å². The summed E-state index contributed by atoms with van der Waals surface area (Å²) in [4.78, 5) is 0. The molecule has 0 unspecified atom stereocenters. The molecule has 82 valence electrons. The van der Waals surface area contributed by atoms with Crippen molar-refractivity contribution in [1.29, 1.82) is 0 Å². The van der Waals surface area contributed by atoms with Crippen LogP contribution in [0.3, 0.4) is 0 Å². The zero-order chi connectivity index (χ0) is 11.4. The largest absolute Gasteiger partial charge is 0.207 e. The van der Waals surface area contributed by atoms with Crippen LogP contribution >= 0.6 is 11.6 Å². The Hall–Kier alpha value is -1.34. The van der Waals surface area contributed by atoms with E-state index in [4.69, 9.17) is 11.6 Å². The van der Waals surface area contributed by atoms with Gasteiger partial charge in [-0.25, -0.2) is 4.39 Å². The second-order valence-electron chi connectivity index (χ2n) is 3.76. The predicted molar refractivity (Wildman–Crippen MR) is 65.2 cm³/mol. The van der Waals surface area contributed by atoms with Crippen LogP contribution in [0.2, 0.25) is 0 Å². The molecule has 0 saturated heterocycles. The molecule has 2 heteroatoms. The van der Waals surface area contributed by atoms with Crippen molar-refractivity contribution in [2.45, 2.75) is 12.3 Å². The van der Waals surface area contributed by atoms with Gasteiger partial charge in [-0.2, -0.15) is 0 Å². The lowest BCUT2D eigenvalue weighted by atomic mass is 10.0. The monoisotopic (exact) mass is 234 g/mol. The molecule has 0 nitrogen and oxygen atoms in total. The summed E-state index contributed by atoms with van der Waals surface area (Å²) in [5.74, 6) is 0.322. The molecule has 0 aliphatic rings. The Labute approximate surface area is 99.7 Å². The molecule has 0 aliphatic heterocycles. The first-order valence-electron chi connectivity index (χ1n) is 5.16. The molecule has 16 heavy (non-hydrogen) atoms. The molecule has 0 atom stereocenters. The first-order chi connectivity index (χ1) is 7.78. The summed E-state index contributed by atoms with van der Waals surface area (Å²) in [6, 6.07) is 14.7. The van der Waals surface area contributed by atoms with Crippen LogP contribution in [0.25, 0.3) is 0 Å². The van der Waals surface area contributed by atoms with Gasteiger partial charge in [-0.1, -0.05) is 36.4 Å². The van der Waals surface area contributed by atoms with Gasteiger partial charge < -0.3 is 0 Å². The van der Waals surface area contributed by atoms with E-state index < -0.39 is 0 Å². The topological polar surface area (TPSA) is 0 Å². The third kappa shape index (κ3) is 2.83. The van der Waals surface area contributed by atoms with Crippen molar-refractivity contribution in [1.82, 2.24) is 0 Å². The third-order valence-corrected chi connectivity index (χ3v) is 2.75. The van der Waals surface area contributed by atoms with Crippen molar-refractivity contribution in [3.63, 3.8) is 0 Å². The quantitative estimate of drug-likeness (QED) is 0.700. The van der Waals surface area contributed by atoms with Crippen molar-refractivity contribution in [3.05, 3.63) is 71.0 Å². The highest BCUT2D eigenvalue weighted by atomic mass is 35.5. The average molecular weight is 235 g/mol. The molecule has 0 N–H and O–H groups in total. The number of rotatable bonds is 3. The molecule has 0 amide bonds. The lowest BCUT2D eigenvalue weighted by Crippen LogP contribution is -1.90. The van der Waals surface area contributed by atoms with Crippen LogP contribution < -0.4 is 0 Å². The molecule has 2 rings (SSSR count). The fraction of sp³-hybridized carbons (Fsp3) is 0.143. The molecular formula is C14H12ClF. The van der Waals surface area contributed by atoms with Crippen molar-refractivity contribution in [2.24, 2.45) is 0 Å². The van der Waals surface area contributed by atoms with Crippen LogP contribution in [0.5, 0.6) is 0 Å². The third-order valence-electron chi connectivity index (χ3n) is 2.44. The summed E-state index contributed by atoms with van der Waals surface area (Å²) in [6.07, 6.45) is 0.739. The smallest absolute Gasteiger partial charge is 0.123 e. The summed E-state index contributed by atoms with van der Waals surface area (Å²) < 4.78 is 13.0. The molecule has 0 spiro atoms. The van der Waals surface area contributed by atoms with Gasteiger partial charge >= 0.3 is 0 Å². The number of alkyl halides is 1. The van der Waals surface area contributed by atoms with Crippen molar-refractivity contribution < 1.29 is 4.39 Å². The maximum absolute atomic E-state index is 13.0. The van der Waals surface area contributed by atoms with Gasteiger partial charge in [-0.15, -0.1) is 11.6 Å². The van der Waals surface area contributed by atoms with Gasteiger partial charge in [-0.05, 0) is 35.2 Å². The van der Waals surface area contributed by atoms with E-state index in [0.29, 0.717) is 5.88 Å². The Morgan fingerprint density at radius 3 is 2.19 bits per heavy atom. The first-order valence-corrected chi connectivity index (χ1v) is 5.69. The summed E-state index contributed by atoms with van der Waals surface area (Å²) in [5, 5.41) is 0. The van der Waals surface area contributed by atoms with Crippen LogP contribution in [0.15, 0.2) is 48.5 Å². The van der Waals surface area contributed by atoms with E-state index in [1.807, 2.05) is 24.3 Å². The standard InChI is InChI=1S/C14H12ClF/c15-10-13-5-1-3-11(8-13)7-12-4-2-6-14(16)9-12/h1-6,8-9H,7,10H2. The maximum atomic E-state index is 13.0. The van der Waals surface area contributed by atoms with E-state index in [0.717, 1.165) is 23.1 Å². The second kappa shape index (κ2) is 5.13. The van der Waals surface area contributed by atoms with Crippen molar-refractivity contribution in [3.8, 4) is 0 Å². The van der Waals surface area contributed by atoms with Gasteiger partial charge in [-0.3, -0.25) is 0 Å². The molecule has 0 saturated carbocycles. The Balaban J connectivity index is 2.20. The Morgan fingerprint density at radius 1 is 0.875 bits per heavy atom. The molecule has 0 heterocycles. The van der Waals surface area contributed by atoms with Gasteiger partial charge in [0.15, 0.2) is 0 Å². The molecule has 0 aliphatic carbocycles. The van der Waals surface area contributed by atoms with Crippen molar-refractivity contribution >= 4 is 11.6 Å². The highest BCUT2D eigenvalue weighted by molar-refractivity contribution is 6.17. The molecule has 0 bridgehead atoms. The zero-order valence-electron chi connectivity index (χ0n) is 8.79. The van der Waals surface area contributed by atoms with Crippen LogP contribution in [0.4, 0.5) is 4.39 Å². The molecule has 2 aromatic rings. The Kier molecular flexibility index (Phi) is 3.58. The molecule has 0 radical (unpaired) electrons. The van der Waals surface area contributed by atoms with E-state index >= 15 is 0 Å². The first kappa shape index (κ1) is 11.2. The van der Waals surface area contributed by atoms with Gasteiger partial charge in [0, 0.05) is 5.88 Å². The maximum Gasteiger partial charge on any atom is 0.123 e. The van der Waals surface area contributed by atoms with Crippen LogP contribution in [0.1, 0.15) is 16.7 Å². The van der Waals surface area contributed by atoms with Crippen molar-refractivity contribution in [2.75, 3.05) is 0 Å². The summed E-state index contributed by atoms with van der Waals surface area (Å²) in [5.41, 5.74) is 3.23.